The molecule has 0 spiro atoms. The molecule has 0 amide bonds. The van der Waals surface area contributed by atoms with Crippen molar-refractivity contribution in [3.63, 3.8) is 0 Å². The molecule has 1 aliphatic heterocycles. The highest BCUT2D eigenvalue weighted by Gasteiger charge is 2.31. The second kappa shape index (κ2) is 14.3. The number of para-hydroxylation sites is 1. The molecule has 8 nitrogen and oxygen atoms in total. The van der Waals surface area contributed by atoms with E-state index in [2.05, 4.69) is 0 Å². The van der Waals surface area contributed by atoms with E-state index < -0.39 is 18.0 Å². The van der Waals surface area contributed by atoms with Crippen molar-refractivity contribution in [2.24, 2.45) is 0 Å². The van der Waals surface area contributed by atoms with Gasteiger partial charge in [0, 0.05) is 23.6 Å². The fourth-order valence-corrected chi connectivity index (χ4v) is 4.47. The maximum absolute atomic E-state index is 11.7. The van der Waals surface area contributed by atoms with Crippen molar-refractivity contribution in [3.8, 4) is 17.2 Å². The molecule has 1 aliphatic rings. The number of rotatable bonds is 14. The van der Waals surface area contributed by atoms with Crippen LogP contribution in [0.2, 0.25) is 5.02 Å². The summed E-state index contributed by atoms with van der Waals surface area (Å²) in [4.78, 5) is 24.5. The number of hydrogen-bond donors (Lipinski definition) is 2. The third kappa shape index (κ3) is 8.41. The average molecular weight is 566 g/mol. The molecule has 0 aromatic heterocycles. The first kappa shape index (κ1) is 28.8. The molecule has 1 heterocycles. The molecule has 9 heteroatoms. The van der Waals surface area contributed by atoms with Crippen LogP contribution in [0.3, 0.4) is 0 Å². The number of unbranched alkanes of at least 4 members (excludes halogenated alkanes) is 1. The van der Waals surface area contributed by atoms with Gasteiger partial charge in [0.25, 0.3) is 0 Å². The van der Waals surface area contributed by atoms with Gasteiger partial charge in [-0.3, -0.25) is 4.79 Å². The number of nitrogens with zero attached hydrogens (tertiary/aromatic N) is 1. The Morgan fingerprint density at radius 1 is 0.925 bits per heavy atom. The number of hydrogen-bond acceptors (Lipinski definition) is 6. The summed E-state index contributed by atoms with van der Waals surface area (Å²) >= 11 is 5.96. The predicted octanol–water partition coefficient (Wildman–Crippen LogP) is 6.27. The summed E-state index contributed by atoms with van der Waals surface area (Å²) in [6.07, 6.45) is 4.91. The lowest BCUT2D eigenvalue weighted by molar-refractivity contribution is -0.145. The quantitative estimate of drug-likeness (QED) is 0.174. The van der Waals surface area contributed by atoms with Crippen LogP contribution < -0.4 is 19.1 Å². The Kier molecular flexibility index (Phi) is 10.3. The van der Waals surface area contributed by atoms with E-state index in [1.54, 1.807) is 6.07 Å². The van der Waals surface area contributed by atoms with Crippen molar-refractivity contribution in [1.82, 2.24) is 0 Å². The summed E-state index contributed by atoms with van der Waals surface area (Å²) in [5, 5.41) is 19.2. The van der Waals surface area contributed by atoms with Crippen molar-refractivity contribution in [2.45, 2.75) is 31.8 Å². The van der Waals surface area contributed by atoms with E-state index in [4.69, 9.17) is 30.9 Å². The van der Waals surface area contributed by atoms with Gasteiger partial charge in [-0.05, 0) is 61.2 Å². The minimum atomic E-state index is -1.06. The van der Waals surface area contributed by atoms with Crippen LogP contribution in [-0.4, -0.2) is 54.6 Å². The van der Waals surface area contributed by atoms with Gasteiger partial charge in [0.2, 0.25) is 6.10 Å². The van der Waals surface area contributed by atoms with Crippen LogP contribution in [0.15, 0.2) is 66.7 Å². The van der Waals surface area contributed by atoms with Gasteiger partial charge in [0.15, 0.2) is 5.75 Å². The predicted molar refractivity (Wildman–Crippen MR) is 155 cm³/mol. The highest BCUT2D eigenvalue weighted by atomic mass is 35.5. The number of anilines is 1. The van der Waals surface area contributed by atoms with Crippen LogP contribution in [0.1, 0.15) is 36.8 Å². The van der Waals surface area contributed by atoms with Crippen LogP contribution >= 0.6 is 11.6 Å². The molecule has 0 radical (unpaired) electrons. The lowest BCUT2D eigenvalue weighted by atomic mass is 10.1. The molecule has 3 aromatic carbocycles. The third-order valence-corrected chi connectivity index (χ3v) is 6.55. The van der Waals surface area contributed by atoms with Gasteiger partial charge < -0.3 is 29.3 Å². The second-order valence-corrected chi connectivity index (χ2v) is 9.78. The van der Waals surface area contributed by atoms with Gasteiger partial charge in [-0.1, -0.05) is 54.1 Å². The molecule has 1 unspecified atom stereocenters. The third-order valence-electron chi connectivity index (χ3n) is 6.31. The molecular formula is C31H32ClNO7. The number of halogens is 1. The van der Waals surface area contributed by atoms with E-state index in [-0.39, 0.29) is 13.0 Å². The zero-order chi connectivity index (χ0) is 28.3. The summed E-state index contributed by atoms with van der Waals surface area (Å²) in [6, 6.07) is 20.7. The van der Waals surface area contributed by atoms with Crippen LogP contribution in [0, 0.1) is 0 Å². The lowest BCUT2D eigenvalue weighted by Gasteiger charge is -2.35. The molecule has 1 atom stereocenters. The smallest absolute Gasteiger partial charge is 0.346 e. The fraction of sp³-hybridized carbons (Fsp3) is 0.290. The van der Waals surface area contributed by atoms with Crippen molar-refractivity contribution >= 4 is 41.4 Å². The maximum atomic E-state index is 11.7. The minimum Gasteiger partial charge on any atom is -0.494 e. The summed E-state index contributed by atoms with van der Waals surface area (Å²) in [5.41, 5.74) is 2.45. The van der Waals surface area contributed by atoms with Gasteiger partial charge in [-0.2, -0.15) is 0 Å². The lowest BCUT2D eigenvalue weighted by Crippen LogP contribution is -2.45. The number of carbonyl (C=O) groups is 2. The standard InChI is InChI=1S/C31H32ClNO7/c32-24-7-4-8-26(20-24)39-19-2-1-18-38-25-15-12-22(13-16-25)11-14-23-6-3-9-27-30(23)40-28(31(36)37)21-33(27)17-5-10-29(34)35/h3-4,6-9,11-16,20,28H,1-2,5,10,17-19,21H2,(H,34,35)(H,36,37). The normalized spacial score (nSPS) is 14.4. The number of ether oxygens (including phenoxy) is 3. The zero-order valence-electron chi connectivity index (χ0n) is 22.0. The van der Waals surface area contributed by atoms with Crippen molar-refractivity contribution in [1.29, 1.82) is 0 Å². The molecule has 0 bridgehead atoms. The molecule has 0 saturated heterocycles. The van der Waals surface area contributed by atoms with Crippen molar-refractivity contribution in [3.05, 3.63) is 82.9 Å². The number of aliphatic carboxylic acids is 2. The average Bonchev–Trinajstić information content (AvgIpc) is 2.94. The Morgan fingerprint density at radius 3 is 2.35 bits per heavy atom. The van der Waals surface area contributed by atoms with Crippen LogP contribution in [0.25, 0.3) is 12.2 Å². The summed E-state index contributed by atoms with van der Waals surface area (Å²) in [7, 11) is 0. The van der Waals surface area contributed by atoms with Gasteiger partial charge in [0.05, 0.1) is 25.4 Å². The minimum absolute atomic E-state index is 0.0160. The zero-order valence-corrected chi connectivity index (χ0v) is 22.8. The maximum Gasteiger partial charge on any atom is 0.346 e. The molecule has 3 aromatic rings. The molecule has 0 aliphatic carbocycles. The van der Waals surface area contributed by atoms with Crippen LogP contribution in [-0.2, 0) is 9.59 Å². The van der Waals surface area contributed by atoms with E-state index in [1.807, 2.05) is 77.7 Å². The highest BCUT2D eigenvalue weighted by molar-refractivity contribution is 6.30. The number of carboxylic acids is 2. The fourth-order valence-electron chi connectivity index (χ4n) is 4.29. The molecule has 210 valence electrons. The number of fused-ring (bicyclic) bond motifs is 1. The Balaban J connectivity index is 1.31. The Bertz CT molecular complexity index is 1330. The van der Waals surface area contributed by atoms with Crippen LogP contribution in [0.4, 0.5) is 5.69 Å². The molecular weight excluding hydrogens is 534 g/mol. The Morgan fingerprint density at radius 2 is 1.65 bits per heavy atom. The van der Waals surface area contributed by atoms with Gasteiger partial charge in [-0.15, -0.1) is 0 Å². The first-order valence-electron chi connectivity index (χ1n) is 13.2. The molecule has 4 rings (SSSR count). The first-order valence-corrected chi connectivity index (χ1v) is 13.6. The van der Waals surface area contributed by atoms with E-state index in [1.165, 1.54) is 0 Å². The summed E-state index contributed by atoms with van der Waals surface area (Å²) in [6.45, 7) is 1.75. The summed E-state index contributed by atoms with van der Waals surface area (Å²) < 4.78 is 17.4. The van der Waals surface area contributed by atoms with Crippen molar-refractivity contribution < 1.29 is 34.0 Å². The number of carboxylic acid groups (broad SMARTS) is 2. The van der Waals surface area contributed by atoms with E-state index >= 15 is 0 Å². The van der Waals surface area contributed by atoms with E-state index in [0.717, 1.165) is 41.2 Å². The Labute approximate surface area is 238 Å². The van der Waals surface area contributed by atoms with Gasteiger partial charge >= 0.3 is 11.9 Å². The van der Waals surface area contributed by atoms with Gasteiger partial charge in [-0.25, -0.2) is 4.79 Å². The largest absolute Gasteiger partial charge is 0.494 e. The SMILES string of the molecule is O=C(O)CCCN1CC(C(=O)O)Oc2c(C=Cc3ccc(OCCCCOc4cccc(Cl)c4)cc3)cccc21. The van der Waals surface area contributed by atoms with E-state index in [0.29, 0.717) is 37.0 Å². The monoisotopic (exact) mass is 565 g/mol. The molecule has 2 N–H and O–H groups in total. The molecule has 0 saturated carbocycles. The summed E-state index contributed by atoms with van der Waals surface area (Å²) in [5.74, 6) is 0.0730. The molecule has 40 heavy (non-hydrogen) atoms. The molecule has 0 fully saturated rings. The highest BCUT2D eigenvalue weighted by Crippen LogP contribution is 2.38. The number of benzene rings is 3. The van der Waals surface area contributed by atoms with Crippen molar-refractivity contribution in [2.75, 3.05) is 31.2 Å². The topological polar surface area (TPSA) is 106 Å². The second-order valence-electron chi connectivity index (χ2n) is 9.35. The van der Waals surface area contributed by atoms with E-state index in [9.17, 15) is 14.7 Å². The van der Waals surface area contributed by atoms with Crippen LogP contribution in [0.5, 0.6) is 17.2 Å². The Hall–Kier alpha value is -4.17. The first-order chi connectivity index (χ1) is 19.4. The van der Waals surface area contributed by atoms with Gasteiger partial charge in [0.1, 0.15) is 11.5 Å².